The number of carbonyl (C=O) groups excluding carboxylic acids is 1. The maximum atomic E-state index is 13.3. The second-order valence-electron chi connectivity index (χ2n) is 20.7. The van der Waals surface area contributed by atoms with E-state index < -0.39 is 124 Å². The van der Waals surface area contributed by atoms with Gasteiger partial charge in [0.25, 0.3) is 0 Å². The van der Waals surface area contributed by atoms with Gasteiger partial charge in [0.05, 0.1) is 38.6 Å². The van der Waals surface area contributed by atoms with Crippen molar-refractivity contribution in [3.63, 3.8) is 0 Å². The van der Waals surface area contributed by atoms with Crippen LogP contribution < -0.4 is 5.32 Å². The number of hydrogen-bond donors (Lipinski definition) is 12. The molecule has 17 atom stereocenters. The van der Waals surface area contributed by atoms with Gasteiger partial charge in [-0.05, 0) is 51.4 Å². The lowest BCUT2D eigenvalue weighted by atomic mass is 9.96. The number of unbranched alkanes of at least 4 members (excludes halogenated alkanes) is 17. The van der Waals surface area contributed by atoms with E-state index in [4.69, 9.17) is 28.4 Å². The molecule has 0 radical (unpaired) electrons. The minimum atomic E-state index is -1.97. The number of carbonyl (C=O) groups is 1. The predicted molar refractivity (Wildman–Crippen MR) is 286 cm³/mol. The number of amides is 1. The predicted octanol–water partition coefficient (Wildman–Crippen LogP) is 4.31. The van der Waals surface area contributed by atoms with Crippen molar-refractivity contribution < 1.29 is 89.4 Å². The van der Waals surface area contributed by atoms with Gasteiger partial charge < -0.3 is 89.9 Å². The van der Waals surface area contributed by atoms with Gasteiger partial charge in [0.2, 0.25) is 5.91 Å². The van der Waals surface area contributed by atoms with E-state index in [-0.39, 0.29) is 18.9 Å². The van der Waals surface area contributed by atoms with Gasteiger partial charge >= 0.3 is 0 Å². The average Bonchev–Trinajstić information content (AvgIpc) is 3.42. The van der Waals surface area contributed by atoms with E-state index in [1.807, 2.05) is 0 Å². The van der Waals surface area contributed by atoms with Crippen LogP contribution in [-0.2, 0) is 33.2 Å². The van der Waals surface area contributed by atoms with Gasteiger partial charge in [-0.25, -0.2) is 0 Å². The molecule has 1 amide bonds. The van der Waals surface area contributed by atoms with E-state index in [1.165, 1.54) is 57.8 Å². The summed E-state index contributed by atoms with van der Waals surface area (Å²) in [6.45, 7) is 1.62. The molecule has 0 saturated carbocycles. The molecule has 3 aliphatic rings. The Morgan fingerprint density at radius 1 is 0.487 bits per heavy atom. The first kappa shape index (κ1) is 68.0. The average molecular weight is 1090 g/mol. The van der Waals surface area contributed by atoms with Crippen molar-refractivity contribution in [2.75, 3.05) is 26.4 Å². The molecule has 0 aromatic heterocycles. The van der Waals surface area contributed by atoms with Crippen molar-refractivity contribution in [1.82, 2.24) is 5.32 Å². The lowest BCUT2D eigenvalue weighted by molar-refractivity contribution is -0.379. The molecule has 12 N–H and O–H groups in total. The Balaban J connectivity index is 1.48. The second kappa shape index (κ2) is 40.9. The summed E-state index contributed by atoms with van der Waals surface area (Å²) in [5, 5.41) is 120. The molecular formula is C57H101NO18. The van der Waals surface area contributed by atoms with E-state index in [2.05, 4.69) is 67.8 Å². The highest BCUT2D eigenvalue weighted by molar-refractivity contribution is 5.76. The van der Waals surface area contributed by atoms with Gasteiger partial charge in [-0.1, -0.05) is 165 Å². The van der Waals surface area contributed by atoms with Gasteiger partial charge in [-0.3, -0.25) is 4.79 Å². The number of aliphatic hydroxyl groups is 11. The summed E-state index contributed by atoms with van der Waals surface area (Å²) in [7, 11) is 0. The van der Waals surface area contributed by atoms with Crippen LogP contribution in [0.2, 0.25) is 0 Å². The molecule has 19 heteroatoms. The molecule has 3 heterocycles. The highest BCUT2D eigenvalue weighted by atomic mass is 16.8. The molecule has 0 aliphatic carbocycles. The molecule has 3 rings (SSSR count). The topological polar surface area (TPSA) is 307 Å². The van der Waals surface area contributed by atoms with Crippen LogP contribution in [0.25, 0.3) is 0 Å². The fourth-order valence-corrected chi connectivity index (χ4v) is 9.66. The van der Waals surface area contributed by atoms with E-state index in [0.717, 1.165) is 83.5 Å². The standard InChI is InChI=1S/C57H101NO18/c1-3-5-7-9-11-13-15-16-17-18-19-20-21-22-23-24-25-27-29-31-33-35-45(63)58-40(41(62)34-32-30-28-26-14-12-10-8-6-4-2)39-71-55-51(69)48(66)53(43(37-60)73-55)76-57-52(70)49(67)54(44(38-61)74-57)75-56-50(68)47(65)46(64)42(36-59)72-56/h5,7,11,13,16-17,19-20,40-44,46-57,59-62,64-70H,3-4,6,8-10,12,14-15,18,21-39H2,1-2H3,(H,58,63)/b7-5-,13-11-,17-16-,20-19-. The van der Waals surface area contributed by atoms with Crippen molar-refractivity contribution >= 4 is 5.91 Å². The zero-order chi connectivity index (χ0) is 55.5. The summed E-state index contributed by atoms with van der Waals surface area (Å²) in [5.74, 6) is -0.256. The normalized spacial score (nSPS) is 31.3. The Hall–Kier alpha value is -2.25. The van der Waals surface area contributed by atoms with Crippen LogP contribution in [0.15, 0.2) is 48.6 Å². The van der Waals surface area contributed by atoms with Gasteiger partial charge in [-0.2, -0.15) is 0 Å². The molecule has 3 fully saturated rings. The zero-order valence-electron chi connectivity index (χ0n) is 45.7. The third-order valence-corrected chi connectivity index (χ3v) is 14.4. The van der Waals surface area contributed by atoms with Crippen LogP contribution >= 0.6 is 0 Å². The molecule has 19 nitrogen and oxygen atoms in total. The molecule has 3 aliphatic heterocycles. The molecule has 3 saturated heterocycles. The van der Waals surface area contributed by atoms with Crippen molar-refractivity contribution in [2.45, 2.75) is 279 Å². The summed E-state index contributed by atoms with van der Waals surface area (Å²) >= 11 is 0. The maximum Gasteiger partial charge on any atom is 0.220 e. The summed E-state index contributed by atoms with van der Waals surface area (Å²) in [4.78, 5) is 13.3. The Bertz CT molecular complexity index is 1580. The van der Waals surface area contributed by atoms with Gasteiger partial charge in [0.1, 0.15) is 73.2 Å². The third kappa shape index (κ3) is 25.0. The summed E-state index contributed by atoms with van der Waals surface area (Å²) in [6.07, 6.45) is 16.4. The molecule has 0 aromatic rings. The first-order valence-electron chi connectivity index (χ1n) is 28.9. The molecule has 17 unspecified atom stereocenters. The fourth-order valence-electron chi connectivity index (χ4n) is 9.66. The summed E-state index contributed by atoms with van der Waals surface area (Å²) in [6, 6.07) is -0.891. The smallest absolute Gasteiger partial charge is 0.220 e. The molecule has 0 spiro atoms. The monoisotopic (exact) mass is 1090 g/mol. The quantitative estimate of drug-likeness (QED) is 0.0300. The van der Waals surface area contributed by atoms with Crippen molar-refractivity contribution in [2.24, 2.45) is 0 Å². The summed E-state index contributed by atoms with van der Waals surface area (Å²) < 4.78 is 34.2. The van der Waals surface area contributed by atoms with Crippen LogP contribution in [0.5, 0.6) is 0 Å². The van der Waals surface area contributed by atoms with Gasteiger partial charge in [0, 0.05) is 6.42 Å². The number of allylic oxidation sites excluding steroid dienone is 8. The van der Waals surface area contributed by atoms with E-state index >= 15 is 0 Å². The third-order valence-electron chi connectivity index (χ3n) is 14.4. The number of hydrogen-bond acceptors (Lipinski definition) is 18. The maximum absolute atomic E-state index is 13.3. The number of rotatable bonds is 41. The van der Waals surface area contributed by atoms with Crippen LogP contribution in [-0.4, -0.2) is 193 Å². The number of aliphatic hydroxyl groups excluding tert-OH is 11. The van der Waals surface area contributed by atoms with Crippen molar-refractivity contribution in [3.8, 4) is 0 Å². The van der Waals surface area contributed by atoms with Crippen LogP contribution in [0, 0.1) is 0 Å². The highest BCUT2D eigenvalue weighted by Gasteiger charge is 2.53. The van der Waals surface area contributed by atoms with E-state index in [1.54, 1.807) is 0 Å². The van der Waals surface area contributed by atoms with Crippen molar-refractivity contribution in [1.29, 1.82) is 0 Å². The van der Waals surface area contributed by atoms with Crippen molar-refractivity contribution in [3.05, 3.63) is 48.6 Å². The number of nitrogens with one attached hydrogen (secondary N) is 1. The minimum Gasteiger partial charge on any atom is -0.394 e. The fraction of sp³-hybridized carbons (Fsp3) is 0.842. The van der Waals surface area contributed by atoms with E-state index in [0.29, 0.717) is 12.8 Å². The number of ether oxygens (including phenoxy) is 6. The second-order valence-corrected chi connectivity index (χ2v) is 20.7. The molecule has 0 aromatic carbocycles. The van der Waals surface area contributed by atoms with Crippen LogP contribution in [0.3, 0.4) is 0 Å². The Morgan fingerprint density at radius 2 is 0.908 bits per heavy atom. The highest BCUT2D eigenvalue weighted by Crippen LogP contribution is 2.33. The van der Waals surface area contributed by atoms with Crippen LogP contribution in [0.1, 0.15) is 174 Å². The van der Waals surface area contributed by atoms with Gasteiger partial charge in [0.15, 0.2) is 18.9 Å². The largest absolute Gasteiger partial charge is 0.394 e. The lowest BCUT2D eigenvalue weighted by Crippen LogP contribution is -2.66. The minimum absolute atomic E-state index is 0.255. The zero-order valence-corrected chi connectivity index (χ0v) is 45.7. The Kier molecular flexibility index (Phi) is 36.6. The molecule has 442 valence electrons. The summed E-state index contributed by atoms with van der Waals surface area (Å²) in [5.41, 5.74) is 0. The molecule has 0 bridgehead atoms. The molecule has 76 heavy (non-hydrogen) atoms. The lowest BCUT2D eigenvalue weighted by Gasteiger charge is -2.48. The van der Waals surface area contributed by atoms with Gasteiger partial charge in [-0.15, -0.1) is 0 Å². The van der Waals surface area contributed by atoms with Crippen LogP contribution in [0.4, 0.5) is 0 Å². The first-order chi connectivity index (χ1) is 36.8. The SMILES string of the molecule is CC/C=C\C/C=C\C/C=C\C/C=C\CCCCCCCCCCC(=O)NC(COC1OC(CO)C(OC2OC(CO)C(OC3OC(CO)C(O)C(O)C3O)C(O)C2O)C(O)C1O)C(O)CCCCCCCCCCCC. The first-order valence-corrected chi connectivity index (χ1v) is 28.9. The Labute approximate surface area is 453 Å². The van der Waals surface area contributed by atoms with E-state index in [9.17, 15) is 61.0 Å². The molecular weight excluding hydrogens is 987 g/mol. The Morgan fingerprint density at radius 3 is 1.42 bits per heavy atom.